The summed E-state index contributed by atoms with van der Waals surface area (Å²) < 4.78 is 51.1. The van der Waals surface area contributed by atoms with Crippen molar-refractivity contribution in [3.63, 3.8) is 0 Å². The summed E-state index contributed by atoms with van der Waals surface area (Å²) in [5.74, 6) is -0.397. The van der Waals surface area contributed by atoms with E-state index in [0.29, 0.717) is 32.1 Å². The molecule has 0 unspecified atom stereocenters. The molecule has 0 saturated carbocycles. The smallest absolute Gasteiger partial charge is 0.434 e. The predicted molar refractivity (Wildman–Crippen MR) is 100 cm³/mol. The Morgan fingerprint density at radius 1 is 1.23 bits per heavy atom. The topological polar surface area (TPSA) is 140 Å². The molecule has 11 nitrogen and oxygen atoms in total. The van der Waals surface area contributed by atoms with E-state index in [9.17, 15) is 23.1 Å². The summed E-state index contributed by atoms with van der Waals surface area (Å²) in [7, 11) is 0. The van der Waals surface area contributed by atoms with Gasteiger partial charge in [-0.25, -0.2) is 24.6 Å². The van der Waals surface area contributed by atoms with Crippen molar-refractivity contribution >= 4 is 23.8 Å². The average molecular weight is 441 g/mol. The Morgan fingerprint density at radius 2 is 1.97 bits per heavy atom. The number of rotatable bonds is 4. The quantitative estimate of drug-likeness (QED) is 0.696. The van der Waals surface area contributed by atoms with E-state index in [4.69, 9.17) is 15.2 Å². The predicted octanol–water partition coefficient (Wildman–Crippen LogP) is 0.689. The van der Waals surface area contributed by atoms with E-state index < -0.39 is 42.2 Å². The minimum Gasteiger partial charge on any atom is -0.441 e. The Bertz CT molecular complexity index is 985. The molecule has 166 valence electrons. The molecule has 0 radical (unpaired) electrons. The first-order valence-corrected chi connectivity index (χ1v) is 9.27. The lowest BCUT2D eigenvalue weighted by Gasteiger charge is -2.28. The average Bonchev–Trinajstić information content (AvgIpc) is 3.14. The largest absolute Gasteiger partial charge is 0.441 e. The van der Waals surface area contributed by atoms with Crippen molar-refractivity contribution in [2.45, 2.75) is 12.3 Å². The third kappa shape index (κ3) is 4.29. The van der Waals surface area contributed by atoms with Crippen LogP contribution in [0.3, 0.4) is 0 Å². The molecule has 0 bridgehead atoms. The van der Waals surface area contributed by atoms with Crippen LogP contribution in [-0.4, -0.2) is 76.7 Å². The highest BCUT2D eigenvalue weighted by atomic mass is 19.4. The molecule has 4 heterocycles. The lowest BCUT2D eigenvalue weighted by molar-refractivity contribution is -0.140. The number of aliphatic hydroxyl groups is 1. The minimum atomic E-state index is -4.81. The Kier molecular flexibility index (Phi) is 5.49. The van der Waals surface area contributed by atoms with E-state index in [1.54, 1.807) is 4.90 Å². The first kappa shape index (κ1) is 21.0. The van der Waals surface area contributed by atoms with Crippen molar-refractivity contribution in [2.75, 3.05) is 55.0 Å². The molecule has 14 heteroatoms. The van der Waals surface area contributed by atoms with Gasteiger partial charge in [0.25, 0.3) is 0 Å². The fourth-order valence-electron chi connectivity index (χ4n) is 3.21. The second-order valence-electron chi connectivity index (χ2n) is 6.80. The number of hydrogen-bond acceptors (Lipinski definition) is 10. The summed E-state index contributed by atoms with van der Waals surface area (Å²) in [4.78, 5) is 30.6. The van der Waals surface area contributed by atoms with Crippen LogP contribution in [0.5, 0.6) is 0 Å². The normalized spacial score (nSPS) is 19.6. The van der Waals surface area contributed by atoms with E-state index in [1.165, 1.54) is 6.07 Å². The van der Waals surface area contributed by atoms with Crippen molar-refractivity contribution in [3.05, 3.63) is 18.0 Å². The molecule has 3 N–H and O–H groups in total. The molecule has 2 aromatic heterocycles. The summed E-state index contributed by atoms with van der Waals surface area (Å²) in [6.07, 6.45) is -5.49. The number of nitrogen functional groups attached to an aromatic ring is 1. The molecule has 2 fully saturated rings. The van der Waals surface area contributed by atoms with Gasteiger partial charge in [0.05, 0.1) is 32.1 Å². The molecular weight excluding hydrogens is 423 g/mol. The third-order valence-electron chi connectivity index (χ3n) is 4.71. The van der Waals surface area contributed by atoms with Crippen molar-refractivity contribution in [3.8, 4) is 11.3 Å². The number of aromatic nitrogens is 4. The number of aliphatic hydroxyl groups excluding tert-OH is 1. The molecule has 1 atom stereocenters. The van der Waals surface area contributed by atoms with Gasteiger partial charge in [0.15, 0.2) is 5.69 Å². The first-order valence-electron chi connectivity index (χ1n) is 9.27. The van der Waals surface area contributed by atoms with Crippen LogP contribution < -0.4 is 15.5 Å². The third-order valence-corrected chi connectivity index (χ3v) is 4.71. The first-order chi connectivity index (χ1) is 14.8. The number of anilines is 3. The number of amides is 1. The van der Waals surface area contributed by atoms with E-state index >= 15 is 0 Å². The lowest BCUT2D eigenvalue weighted by Crippen LogP contribution is -2.37. The molecule has 2 saturated heterocycles. The Labute approximate surface area is 173 Å². The number of morpholine rings is 1. The number of hydrogen-bond donors (Lipinski definition) is 2. The minimum absolute atomic E-state index is 0.0499. The van der Waals surface area contributed by atoms with E-state index in [0.717, 1.165) is 11.1 Å². The van der Waals surface area contributed by atoms with Crippen molar-refractivity contribution in [1.29, 1.82) is 0 Å². The van der Waals surface area contributed by atoms with Crippen LogP contribution in [0.2, 0.25) is 0 Å². The molecule has 1 amide bonds. The summed E-state index contributed by atoms with van der Waals surface area (Å²) in [5, 5.41) is 9.27. The van der Waals surface area contributed by atoms with Gasteiger partial charge in [0, 0.05) is 30.9 Å². The van der Waals surface area contributed by atoms with E-state index in [-0.39, 0.29) is 18.2 Å². The molecule has 2 aliphatic heterocycles. The SMILES string of the molecule is Nc1ncc(-c2cc(N3CCOCC3)nc(N3C[C@@H](CO)OC3=O)n2)c(C(F)(F)F)n1. The number of ether oxygens (including phenoxy) is 2. The summed E-state index contributed by atoms with van der Waals surface area (Å²) in [5.41, 5.74) is 3.55. The molecule has 2 aliphatic rings. The second kappa shape index (κ2) is 8.11. The van der Waals surface area contributed by atoms with Gasteiger partial charge in [-0.1, -0.05) is 0 Å². The van der Waals surface area contributed by atoms with Crippen molar-refractivity contribution < 1.29 is 32.5 Å². The van der Waals surface area contributed by atoms with Crippen LogP contribution in [0.15, 0.2) is 12.3 Å². The Morgan fingerprint density at radius 3 is 2.61 bits per heavy atom. The van der Waals surface area contributed by atoms with Gasteiger partial charge in [-0.15, -0.1) is 0 Å². The molecule has 4 rings (SSSR count). The van der Waals surface area contributed by atoms with Crippen molar-refractivity contribution in [2.24, 2.45) is 0 Å². The van der Waals surface area contributed by atoms with Crippen molar-refractivity contribution in [1.82, 2.24) is 19.9 Å². The molecule has 0 aromatic carbocycles. The summed E-state index contributed by atoms with van der Waals surface area (Å²) >= 11 is 0. The number of halogens is 3. The number of carbonyl (C=O) groups excluding carboxylic acids is 1. The maximum absolute atomic E-state index is 13.6. The number of carbonyl (C=O) groups is 1. The summed E-state index contributed by atoms with van der Waals surface area (Å²) in [6, 6.07) is 1.36. The molecule has 0 spiro atoms. The zero-order chi connectivity index (χ0) is 22.2. The standard InChI is InChI=1S/C17H18F3N7O4/c18-17(19,20)13-10(6-22-14(21)25-13)11-5-12(26-1-3-30-4-2-26)24-15(23-11)27-7-9(8-28)31-16(27)29/h5-6,9,28H,1-4,7-8H2,(H2,21,22,25)/t9-/m0/s1. The number of cyclic esters (lactones) is 1. The molecule has 31 heavy (non-hydrogen) atoms. The molecule has 2 aromatic rings. The fourth-order valence-corrected chi connectivity index (χ4v) is 3.21. The van der Waals surface area contributed by atoms with Gasteiger partial charge >= 0.3 is 12.3 Å². The van der Waals surface area contributed by atoms with Gasteiger partial charge in [0.1, 0.15) is 11.9 Å². The van der Waals surface area contributed by atoms with E-state index in [1.807, 2.05) is 0 Å². The van der Waals surface area contributed by atoms with Crippen LogP contribution in [-0.2, 0) is 15.7 Å². The van der Waals surface area contributed by atoms with Crippen LogP contribution in [0, 0.1) is 0 Å². The highest BCUT2D eigenvalue weighted by Gasteiger charge is 2.38. The molecule has 0 aliphatic carbocycles. The highest BCUT2D eigenvalue weighted by molar-refractivity contribution is 5.88. The second-order valence-corrected chi connectivity index (χ2v) is 6.80. The van der Waals surface area contributed by atoms with Gasteiger partial charge in [-0.2, -0.15) is 18.2 Å². The number of nitrogens with zero attached hydrogens (tertiary/aromatic N) is 6. The number of alkyl halides is 3. The zero-order valence-electron chi connectivity index (χ0n) is 16.0. The van der Waals surface area contributed by atoms with Crippen LogP contribution in [0.1, 0.15) is 5.69 Å². The summed E-state index contributed by atoms with van der Waals surface area (Å²) in [6.45, 7) is 1.25. The lowest BCUT2D eigenvalue weighted by atomic mass is 10.1. The van der Waals surface area contributed by atoms with Gasteiger partial charge in [-0.3, -0.25) is 0 Å². The van der Waals surface area contributed by atoms with Crippen LogP contribution >= 0.6 is 0 Å². The van der Waals surface area contributed by atoms with Gasteiger partial charge in [0.2, 0.25) is 11.9 Å². The zero-order valence-corrected chi connectivity index (χ0v) is 16.0. The maximum Gasteiger partial charge on any atom is 0.434 e. The fraction of sp³-hybridized carbons (Fsp3) is 0.471. The van der Waals surface area contributed by atoms with E-state index in [2.05, 4.69) is 19.9 Å². The Balaban J connectivity index is 1.84. The number of nitrogens with two attached hydrogens (primary N) is 1. The molecular formula is C17H18F3N7O4. The Hall–Kier alpha value is -3.26. The van der Waals surface area contributed by atoms with Crippen LogP contribution in [0.4, 0.5) is 35.7 Å². The maximum atomic E-state index is 13.6. The highest BCUT2D eigenvalue weighted by Crippen LogP contribution is 2.36. The van der Waals surface area contributed by atoms with Gasteiger partial charge < -0.3 is 25.2 Å². The van der Waals surface area contributed by atoms with Crippen LogP contribution in [0.25, 0.3) is 11.3 Å². The van der Waals surface area contributed by atoms with Gasteiger partial charge in [-0.05, 0) is 0 Å². The monoisotopic (exact) mass is 441 g/mol.